The van der Waals surface area contributed by atoms with Crippen molar-refractivity contribution in [2.75, 3.05) is 20.8 Å². The number of allylic oxidation sites excluding steroid dienone is 3. The lowest BCUT2D eigenvalue weighted by atomic mass is 10.1. The summed E-state index contributed by atoms with van der Waals surface area (Å²) < 4.78 is 15.4. The van der Waals surface area contributed by atoms with E-state index >= 15 is 0 Å². The molecule has 0 amide bonds. The minimum Gasteiger partial charge on any atom is -0.336 e. The molecule has 17 heavy (non-hydrogen) atoms. The highest BCUT2D eigenvalue weighted by Crippen LogP contribution is 2.10. The molecule has 0 bridgehead atoms. The van der Waals surface area contributed by atoms with Crippen molar-refractivity contribution < 1.29 is 14.2 Å². The predicted molar refractivity (Wildman–Crippen MR) is 70.9 cm³/mol. The number of ether oxygens (including phenoxy) is 3. The highest BCUT2D eigenvalue weighted by Gasteiger charge is 2.22. The Bertz CT molecular complexity index is 264. The quantitative estimate of drug-likeness (QED) is 0.379. The first-order valence-electron chi connectivity index (χ1n) is 5.71. The molecule has 0 aliphatic heterocycles. The van der Waals surface area contributed by atoms with E-state index in [1.807, 2.05) is 6.08 Å². The maximum atomic E-state index is 5.40. The van der Waals surface area contributed by atoms with E-state index < -0.39 is 5.60 Å². The fraction of sp³-hybridized carbons (Fsp3) is 0.692. The molecule has 0 saturated carbocycles. The fourth-order valence-electron chi connectivity index (χ4n) is 1.19. The van der Waals surface area contributed by atoms with Crippen LogP contribution in [0.1, 0.15) is 33.6 Å². The number of hydrogen-bond donors (Lipinski definition) is 0. The second kappa shape index (κ2) is 8.64. The van der Waals surface area contributed by atoms with Gasteiger partial charge in [-0.2, -0.15) is 0 Å². The molecule has 0 aromatic carbocycles. The molecule has 0 rings (SSSR count). The van der Waals surface area contributed by atoms with Gasteiger partial charge in [-0.1, -0.05) is 23.3 Å². The van der Waals surface area contributed by atoms with Gasteiger partial charge in [-0.15, -0.1) is 0 Å². The van der Waals surface area contributed by atoms with Crippen LogP contribution in [0, 0.1) is 0 Å². The van der Waals surface area contributed by atoms with Crippen LogP contribution in [0.5, 0.6) is 0 Å². The predicted octanol–water partition coefficient (Wildman–Crippen LogP) is 2.77. The molecule has 0 atom stereocenters. The first-order chi connectivity index (χ1) is 7.93. The van der Waals surface area contributed by atoms with Crippen LogP contribution >= 0.6 is 0 Å². The minimum absolute atomic E-state index is 0.450. The van der Waals surface area contributed by atoms with Gasteiger partial charge in [-0.25, -0.2) is 0 Å². The molecule has 0 N–H and O–H groups in total. The lowest BCUT2D eigenvalue weighted by Gasteiger charge is -2.25. The first-order valence-corrected chi connectivity index (χ1v) is 6.21. The average Bonchev–Trinajstić information content (AvgIpc) is 2.28. The zero-order valence-corrected chi connectivity index (χ0v) is 12.5. The van der Waals surface area contributed by atoms with Crippen LogP contribution in [-0.2, 0) is 14.2 Å². The van der Waals surface area contributed by atoms with Gasteiger partial charge in [-0.05, 0) is 33.6 Å². The third-order valence-corrected chi connectivity index (χ3v) is 2.89. The van der Waals surface area contributed by atoms with E-state index in [1.54, 1.807) is 0 Å². The molecule has 0 heterocycles. The van der Waals surface area contributed by atoms with E-state index in [2.05, 4.69) is 37.1 Å². The number of methoxy groups -OCH3 is 2. The molecule has 0 aliphatic carbocycles. The van der Waals surface area contributed by atoms with E-state index in [4.69, 9.17) is 14.2 Å². The molecule has 0 unspecified atom stereocenters. The van der Waals surface area contributed by atoms with Crippen LogP contribution in [0.2, 0.25) is 0 Å². The van der Waals surface area contributed by atoms with Gasteiger partial charge in [0, 0.05) is 14.2 Å². The van der Waals surface area contributed by atoms with Gasteiger partial charge in [0.2, 0.25) is 5.60 Å². The van der Waals surface area contributed by atoms with Crippen molar-refractivity contribution in [2.24, 2.45) is 0 Å². The summed E-state index contributed by atoms with van der Waals surface area (Å²) in [6, 6.07) is 0. The summed E-state index contributed by atoms with van der Waals surface area (Å²) in [7, 11) is 6.29. The standard InChI is InChI=1S/C13H23O3Si/c1-11(2)7-6-8-12(3)9-10-16-13(17,14-4)15-5/h7,9H,6,8,10H2,1-5H3/b12-9+. The summed E-state index contributed by atoms with van der Waals surface area (Å²) in [4.78, 5) is 0. The molecule has 0 aromatic heterocycles. The number of hydrogen-bond acceptors (Lipinski definition) is 3. The van der Waals surface area contributed by atoms with Crippen molar-refractivity contribution in [3.05, 3.63) is 23.3 Å². The normalized spacial score (nSPS) is 12.7. The second-order valence-corrected chi connectivity index (χ2v) is 4.76. The monoisotopic (exact) mass is 255 g/mol. The molecule has 3 nitrogen and oxygen atoms in total. The van der Waals surface area contributed by atoms with Crippen molar-refractivity contribution in [1.29, 1.82) is 0 Å². The minimum atomic E-state index is -1.14. The average molecular weight is 255 g/mol. The zero-order chi connectivity index (χ0) is 13.3. The lowest BCUT2D eigenvalue weighted by Crippen LogP contribution is -2.37. The van der Waals surface area contributed by atoms with Crippen LogP contribution in [-0.4, -0.2) is 36.7 Å². The summed E-state index contributed by atoms with van der Waals surface area (Å²) in [5.74, 6) is 0. The molecule has 0 spiro atoms. The molecule has 0 aliphatic rings. The van der Waals surface area contributed by atoms with Crippen molar-refractivity contribution in [3.63, 3.8) is 0 Å². The van der Waals surface area contributed by atoms with Crippen molar-refractivity contribution >= 4 is 10.2 Å². The topological polar surface area (TPSA) is 27.7 Å². The van der Waals surface area contributed by atoms with E-state index in [9.17, 15) is 0 Å². The Balaban J connectivity index is 3.95. The van der Waals surface area contributed by atoms with E-state index in [0.29, 0.717) is 6.61 Å². The van der Waals surface area contributed by atoms with E-state index in [-0.39, 0.29) is 0 Å². The van der Waals surface area contributed by atoms with Crippen molar-refractivity contribution in [3.8, 4) is 0 Å². The van der Waals surface area contributed by atoms with Gasteiger partial charge in [0.05, 0.1) is 6.61 Å². The van der Waals surface area contributed by atoms with Gasteiger partial charge in [0.25, 0.3) is 0 Å². The Morgan fingerprint density at radius 2 is 1.71 bits per heavy atom. The fourth-order valence-corrected chi connectivity index (χ4v) is 1.27. The zero-order valence-electron chi connectivity index (χ0n) is 11.5. The summed E-state index contributed by atoms with van der Waals surface area (Å²) >= 11 is 0. The summed E-state index contributed by atoms with van der Waals surface area (Å²) in [5, 5.41) is 0. The number of rotatable bonds is 8. The molecular weight excluding hydrogens is 232 g/mol. The third kappa shape index (κ3) is 8.32. The second-order valence-electron chi connectivity index (χ2n) is 4.15. The molecule has 97 valence electrons. The largest absolute Gasteiger partial charge is 0.336 e. The molecule has 0 saturated heterocycles. The van der Waals surface area contributed by atoms with Gasteiger partial charge in [-0.3, -0.25) is 0 Å². The lowest BCUT2D eigenvalue weighted by molar-refractivity contribution is -0.299. The molecule has 3 radical (unpaired) electrons. The summed E-state index contributed by atoms with van der Waals surface area (Å²) in [5.41, 5.74) is 1.51. The Morgan fingerprint density at radius 3 is 2.18 bits per heavy atom. The summed E-state index contributed by atoms with van der Waals surface area (Å²) in [6.07, 6.45) is 6.38. The van der Waals surface area contributed by atoms with Crippen LogP contribution in [0.25, 0.3) is 0 Å². The van der Waals surface area contributed by atoms with Gasteiger partial charge >= 0.3 is 0 Å². The van der Waals surface area contributed by atoms with Gasteiger partial charge < -0.3 is 14.2 Å². The van der Waals surface area contributed by atoms with E-state index in [0.717, 1.165) is 12.8 Å². The highest BCUT2D eigenvalue weighted by molar-refractivity contribution is 6.12. The highest BCUT2D eigenvalue weighted by atomic mass is 28.1. The maximum Gasteiger partial charge on any atom is 0.248 e. The molecule has 0 fully saturated rings. The van der Waals surface area contributed by atoms with Crippen LogP contribution in [0.3, 0.4) is 0 Å². The maximum absolute atomic E-state index is 5.40. The SMILES string of the molecule is COC([Si])(OC)OC/C=C(\C)CCC=C(C)C. The Morgan fingerprint density at radius 1 is 1.12 bits per heavy atom. The third-order valence-electron chi connectivity index (χ3n) is 2.33. The van der Waals surface area contributed by atoms with Crippen LogP contribution in [0.15, 0.2) is 23.3 Å². The molecular formula is C13H23O3Si. The van der Waals surface area contributed by atoms with Crippen LogP contribution in [0.4, 0.5) is 0 Å². The Hall–Kier alpha value is -0.423. The van der Waals surface area contributed by atoms with Crippen molar-refractivity contribution in [2.45, 2.75) is 39.2 Å². The van der Waals surface area contributed by atoms with Crippen LogP contribution < -0.4 is 0 Å². The van der Waals surface area contributed by atoms with Gasteiger partial charge in [0.15, 0.2) is 10.2 Å². The summed E-state index contributed by atoms with van der Waals surface area (Å²) in [6.45, 7) is 6.76. The molecule has 4 heteroatoms. The molecule has 0 aromatic rings. The Kier molecular flexibility index (Phi) is 8.42. The van der Waals surface area contributed by atoms with Gasteiger partial charge in [0.1, 0.15) is 0 Å². The smallest absolute Gasteiger partial charge is 0.248 e. The first kappa shape index (κ1) is 16.6. The van der Waals surface area contributed by atoms with Crippen molar-refractivity contribution in [1.82, 2.24) is 0 Å². The Labute approximate surface area is 108 Å². The van der Waals surface area contributed by atoms with E-state index in [1.165, 1.54) is 25.4 Å².